The van der Waals surface area contributed by atoms with E-state index in [1.54, 1.807) is 6.08 Å². The van der Waals surface area contributed by atoms with Crippen LogP contribution >= 0.6 is 0 Å². The molecule has 3 N–H and O–H groups in total. The summed E-state index contributed by atoms with van der Waals surface area (Å²) >= 11 is 0. The van der Waals surface area contributed by atoms with Crippen LogP contribution in [-0.2, 0) is 10.0 Å². The number of nitrogens with two attached hydrogens (primary N) is 1. The van der Waals surface area contributed by atoms with Gasteiger partial charge < -0.3 is 5.32 Å². The van der Waals surface area contributed by atoms with Crippen molar-refractivity contribution >= 4 is 10.0 Å². The van der Waals surface area contributed by atoms with Crippen LogP contribution in [0.2, 0.25) is 0 Å². The van der Waals surface area contributed by atoms with Crippen LogP contribution in [0.3, 0.4) is 0 Å². The summed E-state index contributed by atoms with van der Waals surface area (Å²) in [5.41, 5.74) is -0.188. The molecule has 0 radical (unpaired) electrons. The molecule has 4 nitrogen and oxygen atoms in total. The standard InChI is InChI=1S/C7H14N2O2S/c1-7(3-2-5-9-7)4-6-12(8,10)11/h4,6,9H,2-3,5H2,1H3,(H2,8,10,11)/b6-4+/t7-/m1/s1. The summed E-state index contributed by atoms with van der Waals surface area (Å²) < 4.78 is 21.2. The molecular formula is C7H14N2O2S. The molecule has 0 unspecified atom stereocenters. The highest BCUT2D eigenvalue weighted by Gasteiger charge is 2.24. The smallest absolute Gasteiger partial charge is 0.230 e. The van der Waals surface area contributed by atoms with Crippen molar-refractivity contribution < 1.29 is 8.42 Å². The fourth-order valence-corrected chi connectivity index (χ4v) is 1.80. The first-order chi connectivity index (χ1) is 5.41. The summed E-state index contributed by atoms with van der Waals surface area (Å²) in [5, 5.41) is 9.09. The van der Waals surface area contributed by atoms with E-state index < -0.39 is 10.0 Å². The van der Waals surface area contributed by atoms with E-state index in [9.17, 15) is 8.42 Å². The molecule has 0 saturated carbocycles. The second kappa shape index (κ2) is 3.16. The van der Waals surface area contributed by atoms with Gasteiger partial charge in [0.15, 0.2) is 0 Å². The second-order valence-electron chi connectivity index (χ2n) is 3.34. The van der Waals surface area contributed by atoms with Crippen LogP contribution < -0.4 is 10.5 Å². The zero-order chi connectivity index (χ0) is 9.24. The van der Waals surface area contributed by atoms with Gasteiger partial charge in [-0.05, 0) is 26.3 Å². The van der Waals surface area contributed by atoms with Crippen LogP contribution in [-0.4, -0.2) is 20.5 Å². The van der Waals surface area contributed by atoms with Crippen LogP contribution in [0.1, 0.15) is 19.8 Å². The molecule has 0 aromatic carbocycles. The van der Waals surface area contributed by atoms with Gasteiger partial charge in [0.25, 0.3) is 0 Å². The lowest BCUT2D eigenvalue weighted by atomic mass is 10.0. The quantitative estimate of drug-likeness (QED) is 0.640. The lowest BCUT2D eigenvalue weighted by Crippen LogP contribution is -2.33. The summed E-state index contributed by atoms with van der Waals surface area (Å²) in [6, 6.07) is 0. The third kappa shape index (κ3) is 2.92. The minimum absolute atomic E-state index is 0.188. The van der Waals surface area contributed by atoms with Gasteiger partial charge in [-0.2, -0.15) is 0 Å². The number of hydrogen-bond donors (Lipinski definition) is 2. The Morgan fingerprint density at radius 2 is 2.25 bits per heavy atom. The molecule has 0 aliphatic carbocycles. The monoisotopic (exact) mass is 190 g/mol. The number of hydrogen-bond acceptors (Lipinski definition) is 3. The van der Waals surface area contributed by atoms with E-state index in [4.69, 9.17) is 5.14 Å². The molecule has 1 atom stereocenters. The van der Waals surface area contributed by atoms with Crippen LogP contribution in [0.4, 0.5) is 0 Å². The van der Waals surface area contributed by atoms with Gasteiger partial charge in [-0.3, -0.25) is 0 Å². The van der Waals surface area contributed by atoms with Crippen molar-refractivity contribution in [3.63, 3.8) is 0 Å². The van der Waals surface area contributed by atoms with Gasteiger partial charge in [-0.1, -0.05) is 6.08 Å². The van der Waals surface area contributed by atoms with Gasteiger partial charge in [-0.15, -0.1) is 0 Å². The summed E-state index contributed by atoms with van der Waals surface area (Å²) in [7, 11) is -3.47. The molecule has 1 heterocycles. The zero-order valence-corrected chi connectivity index (χ0v) is 7.89. The molecule has 12 heavy (non-hydrogen) atoms. The Morgan fingerprint density at radius 1 is 1.58 bits per heavy atom. The van der Waals surface area contributed by atoms with E-state index in [0.29, 0.717) is 0 Å². The molecule has 1 rings (SSSR count). The highest BCUT2D eigenvalue weighted by atomic mass is 32.2. The SMILES string of the molecule is C[C@]1(/C=C/S(N)(=O)=O)CCCN1. The minimum Gasteiger partial charge on any atom is -0.308 e. The van der Waals surface area contributed by atoms with Crippen molar-refractivity contribution in [1.29, 1.82) is 0 Å². The number of sulfonamides is 1. The minimum atomic E-state index is -3.47. The summed E-state index contributed by atoms with van der Waals surface area (Å²) in [5.74, 6) is 0. The third-order valence-electron chi connectivity index (χ3n) is 2.03. The fraction of sp³-hybridized carbons (Fsp3) is 0.714. The molecule has 0 aromatic heterocycles. The second-order valence-corrected chi connectivity index (χ2v) is 4.79. The lowest BCUT2D eigenvalue weighted by molar-refractivity contribution is 0.519. The molecule has 70 valence electrons. The molecule has 1 aliphatic heterocycles. The zero-order valence-electron chi connectivity index (χ0n) is 7.08. The van der Waals surface area contributed by atoms with Gasteiger partial charge >= 0.3 is 0 Å². The van der Waals surface area contributed by atoms with E-state index >= 15 is 0 Å². The predicted molar refractivity (Wildman–Crippen MR) is 47.9 cm³/mol. The molecule has 0 amide bonds. The Balaban J connectivity index is 2.67. The molecule has 0 aromatic rings. The van der Waals surface area contributed by atoms with Gasteiger partial charge in [0.1, 0.15) is 0 Å². The Bertz CT molecular complexity index is 276. The molecule has 1 saturated heterocycles. The molecule has 0 bridgehead atoms. The molecule has 0 spiro atoms. The van der Waals surface area contributed by atoms with E-state index in [-0.39, 0.29) is 5.54 Å². The van der Waals surface area contributed by atoms with Gasteiger partial charge in [0.2, 0.25) is 10.0 Å². The van der Waals surface area contributed by atoms with Crippen LogP contribution in [0.5, 0.6) is 0 Å². The Morgan fingerprint density at radius 3 is 2.67 bits per heavy atom. The van der Waals surface area contributed by atoms with Gasteiger partial charge in [0, 0.05) is 10.9 Å². The summed E-state index contributed by atoms with van der Waals surface area (Å²) in [6.45, 7) is 2.90. The highest BCUT2D eigenvalue weighted by molar-refractivity contribution is 7.92. The number of nitrogens with one attached hydrogen (secondary N) is 1. The molecule has 5 heteroatoms. The number of rotatable bonds is 2. The maximum atomic E-state index is 10.6. The first-order valence-corrected chi connectivity index (χ1v) is 5.49. The van der Waals surface area contributed by atoms with Crippen molar-refractivity contribution in [3.8, 4) is 0 Å². The maximum Gasteiger partial charge on any atom is 0.230 e. The van der Waals surface area contributed by atoms with Crippen LogP contribution in [0, 0.1) is 0 Å². The van der Waals surface area contributed by atoms with Crippen molar-refractivity contribution in [2.24, 2.45) is 5.14 Å². The topological polar surface area (TPSA) is 72.2 Å². The Kier molecular flexibility index (Phi) is 2.55. The maximum absolute atomic E-state index is 10.6. The Labute approximate surface area is 72.9 Å². The van der Waals surface area contributed by atoms with E-state index in [1.807, 2.05) is 6.92 Å². The van der Waals surface area contributed by atoms with Crippen molar-refractivity contribution in [2.45, 2.75) is 25.3 Å². The molecule has 1 fully saturated rings. The summed E-state index contributed by atoms with van der Waals surface area (Å²) in [6.07, 6.45) is 3.65. The lowest BCUT2D eigenvalue weighted by Gasteiger charge is -2.18. The largest absolute Gasteiger partial charge is 0.308 e. The number of primary sulfonamides is 1. The third-order valence-corrected chi connectivity index (χ3v) is 2.54. The van der Waals surface area contributed by atoms with Crippen LogP contribution in [0.25, 0.3) is 0 Å². The van der Waals surface area contributed by atoms with Crippen molar-refractivity contribution in [1.82, 2.24) is 5.32 Å². The fourth-order valence-electron chi connectivity index (χ4n) is 1.31. The average Bonchev–Trinajstić information content (AvgIpc) is 2.32. The predicted octanol–water partition coefficient (Wildman–Crippen LogP) is -0.0693. The normalized spacial score (nSPS) is 31.5. The highest BCUT2D eigenvalue weighted by Crippen LogP contribution is 2.19. The van der Waals surface area contributed by atoms with Gasteiger partial charge in [-0.25, -0.2) is 13.6 Å². The van der Waals surface area contributed by atoms with Crippen molar-refractivity contribution in [3.05, 3.63) is 11.5 Å². The average molecular weight is 190 g/mol. The van der Waals surface area contributed by atoms with E-state index in [2.05, 4.69) is 5.32 Å². The van der Waals surface area contributed by atoms with Crippen molar-refractivity contribution in [2.75, 3.05) is 6.54 Å². The van der Waals surface area contributed by atoms with E-state index in [1.165, 1.54) is 0 Å². The van der Waals surface area contributed by atoms with E-state index in [0.717, 1.165) is 24.8 Å². The van der Waals surface area contributed by atoms with Crippen LogP contribution in [0.15, 0.2) is 11.5 Å². The summed E-state index contributed by atoms with van der Waals surface area (Å²) in [4.78, 5) is 0. The first kappa shape index (κ1) is 9.70. The molecular weight excluding hydrogens is 176 g/mol. The first-order valence-electron chi connectivity index (χ1n) is 3.88. The van der Waals surface area contributed by atoms with Gasteiger partial charge in [0.05, 0.1) is 0 Å². The molecule has 1 aliphatic rings. The Hall–Kier alpha value is -0.390.